The van der Waals surface area contributed by atoms with Crippen molar-refractivity contribution in [2.24, 2.45) is 5.41 Å². The van der Waals surface area contributed by atoms with Gasteiger partial charge in [-0.25, -0.2) is 0 Å². The van der Waals surface area contributed by atoms with Crippen LogP contribution >= 0.6 is 15.9 Å². The molecule has 4 nitrogen and oxygen atoms in total. The van der Waals surface area contributed by atoms with Crippen LogP contribution in [0.25, 0.3) is 0 Å². The molecule has 108 valence electrons. The highest BCUT2D eigenvalue weighted by atomic mass is 79.9. The van der Waals surface area contributed by atoms with E-state index in [9.17, 15) is 9.59 Å². The molecule has 5 heteroatoms. The number of halogens is 1. The average molecular weight is 339 g/mol. The van der Waals surface area contributed by atoms with Gasteiger partial charge in [0.15, 0.2) is 0 Å². The summed E-state index contributed by atoms with van der Waals surface area (Å²) in [5.41, 5.74) is 0.426. The molecule has 20 heavy (non-hydrogen) atoms. The van der Waals surface area contributed by atoms with E-state index < -0.39 is 12.1 Å². The van der Waals surface area contributed by atoms with Crippen LogP contribution in [0.3, 0.4) is 0 Å². The third-order valence-corrected chi connectivity index (χ3v) is 4.04. The minimum Gasteiger partial charge on any atom is -0.342 e. The molecule has 0 aromatic heterocycles. The molecule has 1 aliphatic rings. The Kier molecular flexibility index (Phi) is 3.91. The summed E-state index contributed by atoms with van der Waals surface area (Å²) < 4.78 is 0.940. The molecular formula is C15H19BrN2O2. The minimum absolute atomic E-state index is 0.0630. The van der Waals surface area contributed by atoms with Gasteiger partial charge < -0.3 is 5.32 Å². The number of amides is 2. The Morgan fingerprint density at radius 3 is 2.20 bits per heavy atom. The Morgan fingerprint density at radius 2 is 1.70 bits per heavy atom. The van der Waals surface area contributed by atoms with Gasteiger partial charge in [-0.2, -0.15) is 0 Å². The van der Waals surface area contributed by atoms with Gasteiger partial charge in [-0.3, -0.25) is 14.5 Å². The van der Waals surface area contributed by atoms with Crippen LogP contribution in [0, 0.1) is 5.41 Å². The Balaban J connectivity index is 2.41. The average Bonchev–Trinajstić information content (AvgIpc) is 2.35. The summed E-state index contributed by atoms with van der Waals surface area (Å²) in [6.45, 7) is 7.59. The zero-order valence-electron chi connectivity index (χ0n) is 12.1. The van der Waals surface area contributed by atoms with Crippen LogP contribution in [0.5, 0.6) is 0 Å². The molecule has 0 bridgehead atoms. The number of nitrogens with zero attached hydrogens (tertiary/aromatic N) is 1. The standard InChI is InChI=1S/C15H19BrN2O2/c1-9-13(19)17-12(15(2,3)4)14(20)18(9)11-7-5-10(16)6-8-11/h5-9,12H,1-4H3,(H,17,19). The monoisotopic (exact) mass is 338 g/mol. The van der Waals surface area contributed by atoms with Gasteiger partial charge in [-0.15, -0.1) is 0 Å². The molecule has 2 rings (SSSR count). The number of benzene rings is 1. The third-order valence-electron chi connectivity index (χ3n) is 3.51. The van der Waals surface area contributed by atoms with E-state index in [0.29, 0.717) is 0 Å². The Morgan fingerprint density at radius 1 is 1.15 bits per heavy atom. The van der Waals surface area contributed by atoms with E-state index in [-0.39, 0.29) is 17.2 Å². The lowest BCUT2D eigenvalue weighted by Crippen LogP contribution is -2.66. The number of rotatable bonds is 1. The van der Waals surface area contributed by atoms with Crippen molar-refractivity contribution in [2.75, 3.05) is 4.90 Å². The molecule has 1 saturated heterocycles. The van der Waals surface area contributed by atoms with Crippen molar-refractivity contribution in [3.8, 4) is 0 Å². The fourth-order valence-corrected chi connectivity index (χ4v) is 2.58. The Hall–Kier alpha value is -1.36. The molecule has 1 aromatic rings. The summed E-state index contributed by atoms with van der Waals surface area (Å²) in [7, 11) is 0. The zero-order chi connectivity index (χ0) is 15.1. The van der Waals surface area contributed by atoms with Crippen molar-refractivity contribution in [2.45, 2.75) is 39.8 Å². The van der Waals surface area contributed by atoms with Crippen molar-refractivity contribution in [3.05, 3.63) is 28.7 Å². The minimum atomic E-state index is -0.505. The molecule has 1 fully saturated rings. The Labute approximate surface area is 127 Å². The summed E-state index contributed by atoms with van der Waals surface area (Å²) in [6, 6.07) is 6.42. The molecule has 0 radical (unpaired) electrons. The summed E-state index contributed by atoms with van der Waals surface area (Å²) in [5, 5.41) is 2.83. The number of carbonyl (C=O) groups excluding carboxylic acids is 2. The van der Waals surface area contributed by atoms with Gasteiger partial charge in [0.25, 0.3) is 5.91 Å². The first-order valence-corrected chi connectivity index (χ1v) is 7.40. The Bertz CT molecular complexity index is 534. The quantitative estimate of drug-likeness (QED) is 0.855. The number of nitrogens with one attached hydrogen (secondary N) is 1. The molecule has 2 atom stereocenters. The van der Waals surface area contributed by atoms with Gasteiger partial charge >= 0.3 is 0 Å². The molecule has 0 saturated carbocycles. The van der Waals surface area contributed by atoms with Crippen molar-refractivity contribution < 1.29 is 9.59 Å². The van der Waals surface area contributed by atoms with E-state index in [4.69, 9.17) is 0 Å². The van der Waals surface area contributed by atoms with Gasteiger partial charge in [0.05, 0.1) is 0 Å². The van der Waals surface area contributed by atoms with Crippen molar-refractivity contribution in [3.63, 3.8) is 0 Å². The van der Waals surface area contributed by atoms with Gasteiger partial charge in [0.2, 0.25) is 5.91 Å². The molecule has 1 aromatic carbocycles. The third kappa shape index (κ3) is 2.73. The van der Waals surface area contributed by atoms with E-state index in [1.807, 2.05) is 45.0 Å². The number of piperazine rings is 1. The maximum Gasteiger partial charge on any atom is 0.250 e. The van der Waals surface area contributed by atoms with Gasteiger partial charge in [-0.05, 0) is 36.6 Å². The zero-order valence-corrected chi connectivity index (χ0v) is 13.7. The van der Waals surface area contributed by atoms with Crippen molar-refractivity contribution >= 4 is 33.4 Å². The molecule has 1 aliphatic heterocycles. The maximum atomic E-state index is 12.7. The molecular weight excluding hydrogens is 320 g/mol. The topological polar surface area (TPSA) is 49.4 Å². The molecule has 1 heterocycles. The lowest BCUT2D eigenvalue weighted by atomic mass is 9.84. The van der Waals surface area contributed by atoms with Crippen LogP contribution < -0.4 is 10.2 Å². The number of carbonyl (C=O) groups is 2. The van der Waals surface area contributed by atoms with Gasteiger partial charge in [-0.1, -0.05) is 36.7 Å². The van der Waals surface area contributed by atoms with E-state index in [2.05, 4.69) is 21.2 Å². The highest BCUT2D eigenvalue weighted by molar-refractivity contribution is 9.10. The van der Waals surface area contributed by atoms with Crippen molar-refractivity contribution in [1.82, 2.24) is 5.32 Å². The van der Waals surface area contributed by atoms with Crippen LogP contribution in [-0.4, -0.2) is 23.9 Å². The van der Waals surface area contributed by atoms with Gasteiger partial charge in [0, 0.05) is 10.2 Å². The summed E-state index contributed by atoms with van der Waals surface area (Å²) in [6.07, 6.45) is 0. The molecule has 1 N–H and O–H groups in total. The first-order valence-electron chi connectivity index (χ1n) is 6.61. The van der Waals surface area contributed by atoms with Crippen LogP contribution in [-0.2, 0) is 9.59 Å². The SMILES string of the molecule is CC1C(=O)NC(C(C)(C)C)C(=O)N1c1ccc(Br)cc1. The first-order chi connectivity index (χ1) is 9.21. The van der Waals surface area contributed by atoms with Crippen LogP contribution in [0.2, 0.25) is 0 Å². The van der Waals surface area contributed by atoms with E-state index in [1.54, 1.807) is 11.8 Å². The smallest absolute Gasteiger partial charge is 0.250 e. The molecule has 2 unspecified atom stereocenters. The second-order valence-electron chi connectivity index (χ2n) is 6.17. The lowest BCUT2D eigenvalue weighted by molar-refractivity contribution is -0.136. The summed E-state index contributed by atoms with van der Waals surface area (Å²) in [5.74, 6) is -0.181. The largest absolute Gasteiger partial charge is 0.342 e. The van der Waals surface area contributed by atoms with Crippen LogP contribution in [0.15, 0.2) is 28.7 Å². The fraction of sp³-hybridized carbons (Fsp3) is 0.467. The number of hydrogen-bond donors (Lipinski definition) is 1. The second kappa shape index (κ2) is 5.20. The summed E-state index contributed by atoms with van der Waals surface area (Å²) >= 11 is 3.37. The number of hydrogen-bond acceptors (Lipinski definition) is 2. The second-order valence-corrected chi connectivity index (χ2v) is 7.08. The number of anilines is 1. The maximum absolute atomic E-state index is 12.7. The normalized spacial score (nSPS) is 23.8. The molecule has 2 amide bonds. The fourth-order valence-electron chi connectivity index (χ4n) is 2.31. The van der Waals surface area contributed by atoms with E-state index in [0.717, 1.165) is 10.2 Å². The predicted molar refractivity (Wildman–Crippen MR) is 82.5 cm³/mol. The van der Waals surface area contributed by atoms with E-state index in [1.165, 1.54) is 0 Å². The molecule has 0 aliphatic carbocycles. The van der Waals surface area contributed by atoms with E-state index >= 15 is 0 Å². The highest BCUT2D eigenvalue weighted by Gasteiger charge is 2.44. The van der Waals surface area contributed by atoms with Gasteiger partial charge in [0.1, 0.15) is 12.1 Å². The van der Waals surface area contributed by atoms with Crippen LogP contribution in [0.1, 0.15) is 27.7 Å². The van der Waals surface area contributed by atoms with Crippen LogP contribution in [0.4, 0.5) is 5.69 Å². The summed E-state index contributed by atoms with van der Waals surface area (Å²) in [4.78, 5) is 26.4. The first kappa shape index (κ1) is 15.0. The predicted octanol–water partition coefficient (Wildman–Crippen LogP) is 2.72. The lowest BCUT2D eigenvalue weighted by Gasteiger charge is -2.42. The molecule has 0 spiro atoms. The van der Waals surface area contributed by atoms with Crippen molar-refractivity contribution in [1.29, 1.82) is 0 Å². The highest BCUT2D eigenvalue weighted by Crippen LogP contribution is 2.29.